The van der Waals surface area contributed by atoms with Crippen LogP contribution in [0.2, 0.25) is 0 Å². The van der Waals surface area contributed by atoms with Crippen LogP contribution in [0.5, 0.6) is 0 Å². The van der Waals surface area contributed by atoms with E-state index < -0.39 is 17.9 Å². The summed E-state index contributed by atoms with van der Waals surface area (Å²) in [6.07, 6.45) is 1.52. The summed E-state index contributed by atoms with van der Waals surface area (Å²) in [5, 5.41) is 9.01. The number of carboxylic acids is 1. The predicted octanol–water partition coefficient (Wildman–Crippen LogP) is 1.42. The van der Waals surface area contributed by atoms with Crippen LogP contribution in [0.3, 0.4) is 0 Å². The van der Waals surface area contributed by atoms with Crippen LogP contribution in [0.1, 0.15) is 30.2 Å². The van der Waals surface area contributed by atoms with Gasteiger partial charge in [-0.3, -0.25) is 4.79 Å². The number of aromatic nitrogens is 2. The van der Waals surface area contributed by atoms with Gasteiger partial charge in [0.1, 0.15) is 6.04 Å². The van der Waals surface area contributed by atoms with E-state index in [1.54, 1.807) is 10.6 Å². The summed E-state index contributed by atoms with van der Waals surface area (Å²) in [6, 6.07) is 4.06. The first-order valence-electron chi connectivity index (χ1n) is 5.91. The Kier molecular flexibility index (Phi) is 3.25. The number of amides is 1. The molecule has 100 valence electrons. The van der Waals surface area contributed by atoms with Crippen molar-refractivity contribution in [2.24, 2.45) is 11.7 Å². The van der Waals surface area contributed by atoms with Gasteiger partial charge in [0.15, 0.2) is 0 Å². The summed E-state index contributed by atoms with van der Waals surface area (Å²) in [7, 11) is 0. The number of rotatable bonds is 4. The maximum Gasteiger partial charge on any atom is 0.335 e. The molecule has 19 heavy (non-hydrogen) atoms. The molecule has 0 aliphatic carbocycles. The minimum Gasteiger partial charge on any atom is -0.478 e. The van der Waals surface area contributed by atoms with Gasteiger partial charge in [-0.05, 0) is 24.1 Å². The van der Waals surface area contributed by atoms with Crippen molar-refractivity contribution in [1.29, 1.82) is 0 Å². The zero-order valence-electron chi connectivity index (χ0n) is 10.7. The smallest absolute Gasteiger partial charge is 0.335 e. The van der Waals surface area contributed by atoms with Crippen LogP contribution in [0.25, 0.3) is 11.0 Å². The molecule has 0 aliphatic heterocycles. The van der Waals surface area contributed by atoms with Gasteiger partial charge in [-0.15, -0.1) is 0 Å². The van der Waals surface area contributed by atoms with Crippen molar-refractivity contribution in [1.82, 2.24) is 9.55 Å². The second kappa shape index (κ2) is 4.72. The minimum atomic E-state index is -1.02. The number of primary amides is 1. The van der Waals surface area contributed by atoms with Crippen LogP contribution < -0.4 is 5.73 Å². The first kappa shape index (κ1) is 13.1. The fourth-order valence-corrected chi connectivity index (χ4v) is 2.17. The van der Waals surface area contributed by atoms with Crippen molar-refractivity contribution in [3.8, 4) is 0 Å². The third-order valence-electron chi connectivity index (χ3n) is 3.04. The molecule has 0 saturated carbocycles. The number of imidazole rings is 1. The highest BCUT2D eigenvalue weighted by Crippen LogP contribution is 2.24. The molecule has 3 N–H and O–H groups in total. The molecule has 1 aromatic heterocycles. The Morgan fingerprint density at radius 3 is 2.58 bits per heavy atom. The van der Waals surface area contributed by atoms with E-state index in [2.05, 4.69) is 4.98 Å². The number of hydrogen-bond acceptors (Lipinski definition) is 3. The monoisotopic (exact) mass is 261 g/mol. The topological polar surface area (TPSA) is 98.2 Å². The quantitative estimate of drug-likeness (QED) is 0.869. The van der Waals surface area contributed by atoms with Crippen molar-refractivity contribution < 1.29 is 14.7 Å². The Bertz CT molecular complexity index is 646. The number of nitrogens with two attached hydrogens (primary N) is 1. The van der Waals surface area contributed by atoms with E-state index in [4.69, 9.17) is 10.8 Å². The highest BCUT2D eigenvalue weighted by atomic mass is 16.4. The van der Waals surface area contributed by atoms with Crippen LogP contribution in [0, 0.1) is 5.92 Å². The van der Waals surface area contributed by atoms with E-state index in [0.717, 1.165) is 0 Å². The van der Waals surface area contributed by atoms with Crippen LogP contribution in [-0.2, 0) is 4.79 Å². The summed E-state index contributed by atoms with van der Waals surface area (Å²) < 4.78 is 1.63. The second-order valence-corrected chi connectivity index (χ2v) is 4.75. The van der Waals surface area contributed by atoms with Crippen LogP contribution in [0.15, 0.2) is 24.5 Å². The molecule has 2 rings (SSSR count). The number of aromatic carboxylic acids is 1. The van der Waals surface area contributed by atoms with Crippen molar-refractivity contribution in [3.05, 3.63) is 30.1 Å². The van der Waals surface area contributed by atoms with E-state index >= 15 is 0 Å². The maximum atomic E-state index is 11.6. The number of benzene rings is 1. The van der Waals surface area contributed by atoms with Crippen molar-refractivity contribution in [2.45, 2.75) is 19.9 Å². The first-order valence-corrected chi connectivity index (χ1v) is 5.91. The maximum absolute atomic E-state index is 11.6. The highest BCUT2D eigenvalue weighted by Gasteiger charge is 2.23. The fraction of sp³-hybridized carbons (Fsp3) is 0.308. The van der Waals surface area contributed by atoms with Gasteiger partial charge in [-0.25, -0.2) is 9.78 Å². The summed E-state index contributed by atoms with van der Waals surface area (Å²) >= 11 is 0. The van der Waals surface area contributed by atoms with Gasteiger partial charge in [0.25, 0.3) is 0 Å². The summed E-state index contributed by atoms with van der Waals surface area (Å²) in [6.45, 7) is 3.75. The predicted molar refractivity (Wildman–Crippen MR) is 69.8 cm³/mol. The van der Waals surface area contributed by atoms with E-state index in [1.807, 2.05) is 13.8 Å². The van der Waals surface area contributed by atoms with Crippen molar-refractivity contribution in [3.63, 3.8) is 0 Å². The Balaban J connectivity index is 2.63. The average molecular weight is 261 g/mol. The molecule has 6 heteroatoms. The molecule has 0 aliphatic rings. The van der Waals surface area contributed by atoms with Gasteiger partial charge in [0, 0.05) is 0 Å². The highest BCUT2D eigenvalue weighted by molar-refractivity contribution is 5.93. The number of fused-ring (bicyclic) bond motifs is 1. The molecule has 0 radical (unpaired) electrons. The minimum absolute atomic E-state index is 0.0108. The average Bonchev–Trinajstić information content (AvgIpc) is 2.71. The molecular weight excluding hydrogens is 246 g/mol. The molecule has 0 saturated heterocycles. The number of hydrogen-bond donors (Lipinski definition) is 2. The Morgan fingerprint density at radius 1 is 1.37 bits per heavy atom. The molecule has 1 atom stereocenters. The molecule has 1 heterocycles. The molecule has 1 amide bonds. The summed E-state index contributed by atoms with van der Waals surface area (Å²) in [4.78, 5) is 26.7. The van der Waals surface area contributed by atoms with Gasteiger partial charge in [0.05, 0.1) is 22.9 Å². The van der Waals surface area contributed by atoms with Gasteiger partial charge in [-0.2, -0.15) is 0 Å². The number of carbonyl (C=O) groups is 2. The summed E-state index contributed by atoms with van der Waals surface area (Å²) in [5.74, 6) is -1.49. The zero-order valence-corrected chi connectivity index (χ0v) is 10.7. The number of nitrogens with zero attached hydrogens (tertiary/aromatic N) is 2. The SMILES string of the molecule is CC(C)C(C(N)=O)n1cnc2ccc(C(=O)O)cc21. The molecule has 1 aromatic carbocycles. The van der Waals surface area contributed by atoms with Crippen LogP contribution in [-0.4, -0.2) is 26.5 Å². The zero-order chi connectivity index (χ0) is 14.2. The van der Waals surface area contributed by atoms with Gasteiger partial charge < -0.3 is 15.4 Å². The van der Waals surface area contributed by atoms with E-state index in [0.29, 0.717) is 11.0 Å². The first-order chi connectivity index (χ1) is 8.91. The summed E-state index contributed by atoms with van der Waals surface area (Å²) in [5.41, 5.74) is 6.80. The van der Waals surface area contributed by atoms with Gasteiger partial charge >= 0.3 is 5.97 Å². The molecule has 6 nitrogen and oxygen atoms in total. The lowest BCUT2D eigenvalue weighted by molar-refractivity contribution is -0.122. The van der Waals surface area contributed by atoms with E-state index in [9.17, 15) is 9.59 Å². The normalized spacial score (nSPS) is 12.8. The Morgan fingerprint density at radius 2 is 2.05 bits per heavy atom. The Labute approximate surface area is 109 Å². The number of carboxylic acid groups (broad SMARTS) is 1. The fourth-order valence-electron chi connectivity index (χ4n) is 2.17. The second-order valence-electron chi connectivity index (χ2n) is 4.75. The standard InChI is InChI=1S/C13H15N3O3/c1-7(2)11(12(14)17)16-6-15-9-4-3-8(13(18)19)5-10(9)16/h3-7,11H,1-2H3,(H2,14,17)(H,18,19). The lowest BCUT2D eigenvalue weighted by atomic mass is 10.0. The van der Waals surface area contributed by atoms with Crippen LogP contribution in [0.4, 0.5) is 0 Å². The molecule has 2 aromatic rings. The number of carbonyl (C=O) groups excluding carboxylic acids is 1. The third kappa shape index (κ3) is 2.29. The Hall–Kier alpha value is -2.37. The molecule has 0 fully saturated rings. The van der Waals surface area contributed by atoms with E-state index in [1.165, 1.54) is 18.5 Å². The van der Waals surface area contributed by atoms with Gasteiger partial charge in [-0.1, -0.05) is 13.8 Å². The van der Waals surface area contributed by atoms with Gasteiger partial charge in [0.2, 0.25) is 5.91 Å². The molecule has 0 bridgehead atoms. The lowest BCUT2D eigenvalue weighted by Gasteiger charge is -2.19. The molecule has 0 spiro atoms. The van der Waals surface area contributed by atoms with E-state index in [-0.39, 0.29) is 11.5 Å². The third-order valence-corrected chi connectivity index (χ3v) is 3.04. The lowest BCUT2D eigenvalue weighted by Crippen LogP contribution is -2.30. The largest absolute Gasteiger partial charge is 0.478 e. The molecule has 1 unspecified atom stereocenters. The van der Waals surface area contributed by atoms with Crippen molar-refractivity contribution in [2.75, 3.05) is 0 Å². The molecular formula is C13H15N3O3. The van der Waals surface area contributed by atoms with Crippen LogP contribution >= 0.6 is 0 Å². The van der Waals surface area contributed by atoms with Crippen molar-refractivity contribution >= 4 is 22.9 Å².